The van der Waals surface area contributed by atoms with E-state index in [2.05, 4.69) is 15.6 Å². The number of benzene rings is 2. The number of aromatic nitrogens is 1. The zero-order valence-corrected chi connectivity index (χ0v) is 16.6. The number of ether oxygens (including phenoxy) is 1. The van der Waals surface area contributed by atoms with E-state index in [1.165, 1.54) is 0 Å². The average Bonchev–Trinajstić information content (AvgIpc) is 2.76. The largest absolute Gasteiger partial charge is 0.491 e. The Kier molecular flexibility index (Phi) is 7.91. The molecule has 6 nitrogen and oxygen atoms in total. The van der Waals surface area contributed by atoms with Gasteiger partial charge in [0.25, 0.3) is 0 Å². The lowest BCUT2D eigenvalue weighted by Gasteiger charge is -2.14. The number of carbonyl (C=O) groups is 1. The molecule has 0 aliphatic carbocycles. The molecule has 0 spiro atoms. The second-order valence-corrected chi connectivity index (χ2v) is 7.27. The van der Waals surface area contributed by atoms with Gasteiger partial charge in [-0.25, -0.2) is 9.78 Å². The number of amides is 2. The molecule has 3 rings (SSSR count). The van der Waals surface area contributed by atoms with E-state index in [1.54, 1.807) is 18.0 Å². The Morgan fingerprint density at radius 1 is 1.07 bits per heavy atom. The topological polar surface area (TPSA) is 83.5 Å². The molecular formula is C22H23N3O3S. The fraction of sp³-hybridized carbons (Fsp3) is 0.182. The molecule has 0 bridgehead atoms. The number of nitrogens with one attached hydrogen (secondary N) is 2. The van der Waals surface area contributed by atoms with Gasteiger partial charge in [-0.1, -0.05) is 36.4 Å². The van der Waals surface area contributed by atoms with Crippen molar-refractivity contribution in [1.82, 2.24) is 10.3 Å². The van der Waals surface area contributed by atoms with Crippen LogP contribution in [-0.2, 0) is 5.75 Å². The van der Waals surface area contributed by atoms with E-state index in [0.29, 0.717) is 11.4 Å². The summed E-state index contributed by atoms with van der Waals surface area (Å²) in [6.07, 6.45) is 0.964. The first-order chi connectivity index (χ1) is 14.2. The van der Waals surface area contributed by atoms with Crippen LogP contribution in [0.3, 0.4) is 0 Å². The van der Waals surface area contributed by atoms with Crippen LogP contribution in [0.1, 0.15) is 5.56 Å². The SMILES string of the molecule is O=C(NCC(O)COc1ccccc1)Nc1cccc(CSc2ccccn2)c1. The van der Waals surface area contributed by atoms with Crippen molar-refractivity contribution in [2.24, 2.45) is 0 Å². The van der Waals surface area contributed by atoms with Crippen molar-refractivity contribution >= 4 is 23.5 Å². The predicted molar refractivity (Wildman–Crippen MR) is 115 cm³/mol. The van der Waals surface area contributed by atoms with Crippen molar-refractivity contribution in [3.63, 3.8) is 0 Å². The zero-order chi connectivity index (χ0) is 20.3. The number of para-hydroxylation sites is 1. The molecule has 1 heterocycles. The smallest absolute Gasteiger partial charge is 0.319 e. The first-order valence-corrected chi connectivity index (χ1v) is 10.2. The summed E-state index contributed by atoms with van der Waals surface area (Å²) in [5, 5.41) is 16.4. The van der Waals surface area contributed by atoms with Gasteiger partial charge < -0.3 is 20.5 Å². The molecule has 0 aliphatic rings. The third-order valence-corrected chi connectivity index (χ3v) is 4.91. The van der Waals surface area contributed by atoms with Gasteiger partial charge in [-0.3, -0.25) is 0 Å². The average molecular weight is 410 g/mol. The van der Waals surface area contributed by atoms with Gasteiger partial charge >= 0.3 is 6.03 Å². The molecule has 0 saturated carbocycles. The van der Waals surface area contributed by atoms with Gasteiger partial charge in [-0.05, 0) is 42.0 Å². The van der Waals surface area contributed by atoms with Crippen LogP contribution in [0.2, 0.25) is 0 Å². The molecule has 3 aromatic rings. The Labute approximate surface area is 174 Å². The van der Waals surface area contributed by atoms with E-state index >= 15 is 0 Å². The number of rotatable bonds is 9. The molecule has 1 atom stereocenters. The normalized spacial score (nSPS) is 11.5. The Balaban J connectivity index is 1.40. The summed E-state index contributed by atoms with van der Waals surface area (Å²) < 4.78 is 5.47. The minimum absolute atomic E-state index is 0.0912. The maximum Gasteiger partial charge on any atom is 0.319 e. The van der Waals surface area contributed by atoms with Gasteiger partial charge in [0.05, 0.1) is 5.03 Å². The number of hydrogen-bond donors (Lipinski definition) is 3. The van der Waals surface area contributed by atoms with Gasteiger partial charge in [0.2, 0.25) is 0 Å². The highest BCUT2D eigenvalue weighted by Gasteiger charge is 2.09. The van der Waals surface area contributed by atoms with Crippen LogP contribution in [0.15, 0.2) is 84.0 Å². The van der Waals surface area contributed by atoms with E-state index in [0.717, 1.165) is 16.3 Å². The molecule has 2 aromatic carbocycles. The lowest BCUT2D eigenvalue weighted by molar-refractivity contribution is 0.108. The quantitative estimate of drug-likeness (QED) is 0.466. The number of aliphatic hydroxyl groups is 1. The minimum atomic E-state index is -0.804. The second-order valence-electron chi connectivity index (χ2n) is 6.27. The summed E-state index contributed by atoms with van der Waals surface area (Å²) in [5.74, 6) is 1.43. The van der Waals surface area contributed by atoms with Crippen LogP contribution in [0.25, 0.3) is 0 Å². The summed E-state index contributed by atoms with van der Waals surface area (Å²) in [6.45, 7) is 0.193. The highest BCUT2D eigenvalue weighted by Crippen LogP contribution is 2.22. The second kappa shape index (κ2) is 11.1. The molecule has 1 unspecified atom stereocenters. The number of nitrogens with zero attached hydrogens (tertiary/aromatic N) is 1. The number of thioether (sulfide) groups is 1. The van der Waals surface area contributed by atoms with Crippen LogP contribution >= 0.6 is 11.8 Å². The van der Waals surface area contributed by atoms with Crippen molar-refractivity contribution in [2.45, 2.75) is 16.9 Å². The number of urea groups is 1. The number of pyridine rings is 1. The molecular weight excluding hydrogens is 386 g/mol. The van der Waals surface area contributed by atoms with Crippen LogP contribution < -0.4 is 15.4 Å². The fourth-order valence-corrected chi connectivity index (χ4v) is 3.29. The van der Waals surface area contributed by atoms with Crippen molar-refractivity contribution in [3.05, 3.63) is 84.6 Å². The molecule has 0 saturated heterocycles. The molecule has 2 amide bonds. The first kappa shape index (κ1) is 20.7. The van der Waals surface area contributed by atoms with Crippen LogP contribution in [0.4, 0.5) is 10.5 Å². The number of anilines is 1. The molecule has 0 fully saturated rings. The Hall–Kier alpha value is -3.03. The molecule has 3 N–H and O–H groups in total. The maximum absolute atomic E-state index is 12.1. The summed E-state index contributed by atoms with van der Waals surface area (Å²) >= 11 is 1.63. The Bertz CT molecular complexity index is 894. The van der Waals surface area contributed by atoms with E-state index in [-0.39, 0.29) is 19.2 Å². The molecule has 29 heavy (non-hydrogen) atoms. The number of carbonyl (C=O) groups excluding carboxylic acids is 1. The first-order valence-electron chi connectivity index (χ1n) is 9.22. The van der Waals surface area contributed by atoms with Crippen molar-refractivity contribution in [2.75, 3.05) is 18.5 Å². The van der Waals surface area contributed by atoms with Crippen molar-refractivity contribution < 1.29 is 14.6 Å². The highest BCUT2D eigenvalue weighted by atomic mass is 32.2. The Morgan fingerprint density at radius 2 is 1.90 bits per heavy atom. The lowest BCUT2D eigenvalue weighted by Crippen LogP contribution is -2.37. The van der Waals surface area contributed by atoms with Crippen molar-refractivity contribution in [3.8, 4) is 5.75 Å². The molecule has 150 valence electrons. The third-order valence-electron chi connectivity index (χ3n) is 3.89. The lowest BCUT2D eigenvalue weighted by atomic mass is 10.2. The van der Waals surface area contributed by atoms with Crippen molar-refractivity contribution in [1.29, 1.82) is 0 Å². The molecule has 0 radical (unpaired) electrons. The maximum atomic E-state index is 12.1. The van der Waals surface area contributed by atoms with Crippen LogP contribution in [0.5, 0.6) is 5.75 Å². The standard InChI is InChI=1S/C22H23N3O3S/c26-19(15-28-20-9-2-1-3-10-20)14-24-22(27)25-18-8-6-7-17(13-18)16-29-21-11-4-5-12-23-21/h1-13,19,26H,14-16H2,(H2,24,25,27). The summed E-state index contributed by atoms with van der Waals surface area (Å²) in [7, 11) is 0. The van der Waals surface area contributed by atoms with Crippen LogP contribution in [0, 0.1) is 0 Å². The number of aliphatic hydroxyl groups excluding tert-OH is 1. The monoisotopic (exact) mass is 409 g/mol. The van der Waals surface area contributed by atoms with E-state index in [4.69, 9.17) is 4.74 Å². The van der Waals surface area contributed by atoms with E-state index < -0.39 is 6.10 Å². The molecule has 1 aromatic heterocycles. The summed E-state index contributed by atoms with van der Waals surface area (Å²) in [6, 6.07) is 22.3. The molecule has 7 heteroatoms. The predicted octanol–water partition coefficient (Wildman–Crippen LogP) is 3.94. The van der Waals surface area contributed by atoms with Gasteiger partial charge in [-0.2, -0.15) is 0 Å². The highest BCUT2D eigenvalue weighted by molar-refractivity contribution is 7.98. The van der Waals surface area contributed by atoms with Gasteiger partial charge in [0, 0.05) is 24.2 Å². The Morgan fingerprint density at radius 3 is 2.69 bits per heavy atom. The third kappa shape index (κ3) is 7.48. The van der Waals surface area contributed by atoms with Crippen LogP contribution in [-0.4, -0.2) is 35.4 Å². The van der Waals surface area contributed by atoms with Gasteiger partial charge in [0.15, 0.2) is 0 Å². The van der Waals surface area contributed by atoms with Gasteiger partial charge in [0.1, 0.15) is 18.5 Å². The van der Waals surface area contributed by atoms with E-state index in [1.807, 2.05) is 72.8 Å². The zero-order valence-electron chi connectivity index (χ0n) is 15.8. The van der Waals surface area contributed by atoms with Gasteiger partial charge in [-0.15, -0.1) is 11.8 Å². The summed E-state index contributed by atoms with van der Waals surface area (Å²) in [4.78, 5) is 16.4. The minimum Gasteiger partial charge on any atom is -0.491 e. The van der Waals surface area contributed by atoms with E-state index in [9.17, 15) is 9.90 Å². The molecule has 0 aliphatic heterocycles. The fourth-order valence-electron chi connectivity index (χ4n) is 2.48. The number of hydrogen-bond acceptors (Lipinski definition) is 5. The summed E-state index contributed by atoms with van der Waals surface area (Å²) in [5.41, 5.74) is 1.77.